The van der Waals surface area contributed by atoms with E-state index in [1.54, 1.807) is 0 Å². The Morgan fingerprint density at radius 1 is 1.71 bits per heavy atom. The number of aromatic amines is 1. The van der Waals surface area contributed by atoms with Crippen molar-refractivity contribution < 1.29 is 0 Å². The Bertz CT molecular complexity index is 145. The van der Waals surface area contributed by atoms with Crippen molar-refractivity contribution in [2.45, 2.75) is 0 Å². The second-order valence-electron chi connectivity index (χ2n) is 0.888. The maximum Gasteiger partial charge on any atom is 0.208 e. The van der Waals surface area contributed by atoms with Crippen LogP contribution < -0.4 is 0 Å². The third kappa shape index (κ3) is 0.774. The molecule has 1 N–H and O–H groups in total. The molecule has 0 saturated heterocycles. The molecule has 0 bridgehead atoms. The molecule has 5 heteroatoms. The van der Waals surface area contributed by atoms with Gasteiger partial charge in [0.05, 0.1) is 0 Å². The number of tetrazole rings is 1. The van der Waals surface area contributed by atoms with Crippen LogP contribution in [0.15, 0.2) is 0 Å². The summed E-state index contributed by atoms with van der Waals surface area (Å²) in [5, 5.41) is 13.9. The predicted octanol–water partition coefficient (Wildman–Crippen LogP) is -0.453. The number of aromatic nitrogens is 4. The summed E-state index contributed by atoms with van der Waals surface area (Å²) in [6.45, 7) is 0. The van der Waals surface area contributed by atoms with Gasteiger partial charge in [0.2, 0.25) is 5.82 Å². The van der Waals surface area contributed by atoms with Gasteiger partial charge in [-0.3, -0.25) is 0 Å². The number of rotatable bonds is 1. The summed E-state index contributed by atoms with van der Waals surface area (Å²) >= 11 is 4.46. The van der Waals surface area contributed by atoms with E-state index in [2.05, 4.69) is 32.8 Å². The van der Waals surface area contributed by atoms with E-state index >= 15 is 0 Å². The third-order valence-corrected chi connectivity index (χ3v) is 0.678. The summed E-state index contributed by atoms with van der Waals surface area (Å²) in [5.74, 6) is 0.454. The standard InChI is InChI=1S/C2H2N4S/c7-1-2-3-5-6-4-2/h1H,(H,3,4,5,6). The number of H-pyrrole nitrogens is 1. The molecule has 0 aliphatic carbocycles. The fraction of sp³-hybridized carbons (Fsp3) is 0. The van der Waals surface area contributed by atoms with Gasteiger partial charge in [-0.05, 0) is 5.21 Å². The van der Waals surface area contributed by atoms with Gasteiger partial charge in [0, 0.05) is 5.37 Å². The Kier molecular flexibility index (Phi) is 1.08. The molecule has 0 amide bonds. The fourth-order valence-electron chi connectivity index (χ4n) is 0.219. The van der Waals surface area contributed by atoms with Crippen molar-refractivity contribution in [2.24, 2.45) is 0 Å². The minimum absolute atomic E-state index is 0.454. The summed E-state index contributed by atoms with van der Waals surface area (Å²) in [4.78, 5) is 0. The van der Waals surface area contributed by atoms with Crippen LogP contribution in [0.1, 0.15) is 5.82 Å². The molecule has 0 aliphatic heterocycles. The highest BCUT2D eigenvalue weighted by molar-refractivity contribution is 7.79. The highest BCUT2D eigenvalue weighted by Crippen LogP contribution is 1.71. The van der Waals surface area contributed by atoms with Crippen LogP contribution in [0.3, 0.4) is 0 Å². The summed E-state index contributed by atoms with van der Waals surface area (Å²) in [5.41, 5.74) is 0. The van der Waals surface area contributed by atoms with Crippen LogP contribution in [0.5, 0.6) is 0 Å². The molecule has 0 fully saturated rings. The van der Waals surface area contributed by atoms with Gasteiger partial charge in [-0.1, -0.05) is 12.2 Å². The monoisotopic (exact) mass is 114 g/mol. The van der Waals surface area contributed by atoms with Crippen molar-refractivity contribution in [3.63, 3.8) is 0 Å². The van der Waals surface area contributed by atoms with Gasteiger partial charge in [-0.25, -0.2) is 0 Å². The van der Waals surface area contributed by atoms with E-state index < -0.39 is 0 Å². The molecule has 0 radical (unpaired) electrons. The topological polar surface area (TPSA) is 54.5 Å². The van der Waals surface area contributed by atoms with Crippen molar-refractivity contribution in [1.82, 2.24) is 20.6 Å². The first-order chi connectivity index (χ1) is 3.43. The van der Waals surface area contributed by atoms with Crippen LogP contribution >= 0.6 is 12.2 Å². The molecular formula is C2H2N4S. The number of nitrogens with zero attached hydrogens (tertiary/aromatic N) is 3. The first kappa shape index (κ1) is 4.32. The summed E-state index contributed by atoms with van der Waals surface area (Å²) in [7, 11) is 0. The molecule has 1 rings (SSSR count). The minimum Gasteiger partial charge on any atom is -0.177 e. The van der Waals surface area contributed by atoms with Crippen LogP contribution in [0.2, 0.25) is 0 Å². The smallest absolute Gasteiger partial charge is 0.177 e. The Morgan fingerprint density at radius 2 is 2.57 bits per heavy atom. The van der Waals surface area contributed by atoms with E-state index in [1.165, 1.54) is 5.37 Å². The molecule has 36 valence electrons. The molecule has 0 atom stereocenters. The van der Waals surface area contributed by atoms with Gasteiger partial charge in [-0.15, -0.1) is 10.2 Å². The first-order valence-electron chi connectivity index (χ1n) is 1.62. The molecule has 1 aromatic heterocycles. The zero-order chi connectivity index (χ0) is 5.11. The normalized spacial score (nSPS) is 8.57. The minimum atomic E-state index is 0.454. The van der Waals surface area contributed by atoms with Crippen LogP contribution in [0.25, 0.3) is 0 Å². The van der Waals surface area contributed by atoms with Crippen LogP contribution in [-0.2, 0) is 0 Å². The number of thiocarbonyl (C=S) groups is 1. The Hall–Kier alpha value is -0.840. The molecule has 0 aromatic carbocycles. The Balaban J connectivity index is 2.96. The molecule has 0 spiro atoms. The highest BCUT2D eigenvalue weighted by atomic mass is 32.1. The number of hydrogen-bond acceptors (Lipinski definition) is 4. The Morgan fingerprint density at radius 3 is 2.86 bits per heavy atom. The zero-order valence-electron chi connectivity index (χ0n) is 3.33. The van der Waals surface area contributed by atoms with Gasteiger partial charge in [0.15, 0.2) is 0 Å². The molecule has 7 heavy (non-hydrogen) atoms. The zero-order valence-corrected chi connectivity index (χ0v) is 4.14. The fourth-order valence-corrected chi connectivity index (χ4v) is 0.319. The van der Waals surface area contributed by atoms with Crippen molar-refractivity contribution in [3.8, 4) is 0 Å². The van der Waals surface area contributed by atoms with E-state index in [1.807, 2.05) is 0 Å². The van der Waals surface area contributed by atoms with E-state index in [0.717, 1.165) is 0 Å². The van der Waals surface area contributed by atoms with Crippen molar-refractivity contribution >= 4 is 17.6 Å². The molecule has 0 unspecified atom stereocenters. The molecule has 0 aliphatic rings. The van der Waals surface area contributed by atoms with Gasteiger partial charge in [0.1, 0.15) is 0 Å². The average molecular weight is 114 g/mol. The van der Waals surface area contributed by atoms with E-state index in [9.17, 15) is 0 Å². The van der Waals surface area contributed by atoms with Gasteiger partial charge in [0.25, 0.3) is 0 Å². The lowest BCUT2D eigenvalue weighted by Crippen LogP contribution is -1.78. The maximum atomic E-state index is 4.46. The van der Waals surface area contributed by atoms with Gasteiger partial charge < -0.3 is 0 Å². The largest absolute Gasteiger partial charge is 0.208 e. The van der Waals surface area contributed by atoms with Crippen molar-refractivity contribution in [2.75, 3.05) is 0 Å². The van der Waals surface area contributed by atoms with Crippen LogP contribution in [0.4, 0.5) is 0 Å². The predicted molar refractivity (Wildman–Crippen MR) is 26.9 cm³/mol. The van der Waals surface area contributed by atoms with Crippen LogP contribution in [-0.4, -0.2) is 26.0 Å². The lowest BCUT2D eigenvalue weighted by molar-refractivity contribution is 0.881. The summed E-state index contributed by atoms with van der Waals surface area (Å²) in [6, 6.07) is 0. The lowest BCUT2D eigenvalue weighted by Gasteiger charge is -1.63. The summed E-state index contributed by atoms with van der Waals surface area (Å²) in [6.07, 6.45) is 0. The number of hydrogen-bond donors (Lipinski definition) is 1. The average Bonchev–Trinajstić information content (AvgIpc) is 2.14. The maximum absolute atomic E-state index is 4.46. The SMILES string of the molecule is S=Cc1nn[nH]n1. The first-order valence-corrected chi connectivity index (χ1v) is 2.09. The van der Waals surface area contributed by atoms with Crippen LogP contribution in [0, 0.1) is 0 Å². The van der Waals surface area contributed by atoms with E-state index in [4.69, 9.17) is 0 Å². The Labute approximate surface area is 44.9 Å². The summed E-state index contributed by atoms with van der Waals surface area (Å²) < 4.78 is 0. The molecule has 1 aromatic rings. The van der Waals surface area contributed by atoms with E-state index in [-0.39, 0.29) is 0 Å². The molecule has 1 heterocycles. The van der Waals surface area contributed by atoms with Gasteiger partial charge >= 0.3 is 0 Å². The molecular weight excluding hydrogens is 112 g/mol. The quantitative estimate of drug-likeness (QED) is 0.502. The third-order valence-electron chi connectivity index (χ3n) is 0.467. The molecule has 0 saturated carbocycles. The second kappa shape index (κ2) is 1.74. The molecule has 4 nitrogen and oxygen atoms in total. The van der Waals surface area contributed by atoms with Crippen molar-refractivity contribution in [3.05, 3.63) is 5.82 Å². The van der Waals surface area contributed by atoms with Gasteiger partial charge in [-0.2, -0.15) is 5.21 Å². The lowest BCUT2D eigenvalue weighted by atomic mass is 10.8. The highest BCUT2D eigenvalue weighted by Gasteiger charge is 1.84. The number of nitrogens with one attached hydrogen (secondary N) is 1. The van der Waals surface area contributed by atoms with E-state index in [0.29, 0.717) is 5.82 Å². The second-order valence-corrected chi connectivity index (χ2v) is 1.12. The van der Waals surface area contributed by atoms with Crippen molar-refractivity contribution in [1.29, 1.82) is 0 Å².